The van der Waals surface area contributed by atoms with E-state index in [0.29, 0.717) is 17.5 Å². The van der Waals surface area contributed by atoms with Crippen LogP contribution in [0.2, 0.25) is 0 Å². The number of rotatable bonds is 7. The molecule has 0 spiro atoms. The minimum absolute atomic E-state index is 0.0358. The van der Waals surface area contributed by atoms with E-state index in [4.69, 9.17) is 9.47 Å². The molecule has 24 heavy (non-hydrogen) atoms. The van der Waals surface area contributed by atoms with Crippen molar-refractivity contribution in [1.82, 2.24) is 20.5 Å². The number of carbonyl (C=O) groups is 1. The zero-order chi connectivity index (χ0) is 16.8. The molecule has 1 aromatic heterocycles. The van der Waals surface area contributed by atoms with Crippen LogP contribution in [0.3, 0.4) is 0 Å². The van der Waals surface area contributed by atoms with Gasteiger partial charge in [0.2, 0.25) is 11.1 Å². The number of aromatic nitrogens is 3. The molecule has 128 valence electrons. The summed E-state index contributed by atoms with van der Waals surface area (Å²) in [5.74, 6) is 1.70. The molecule has 1 aliphatic heterocycles. The van der Waals surface area contributed by atoms with Crippen LogP contribution in [-0.2, 0) is 9.53 Å². The summed E-state index contributed by atoms with van der Waals surface area (Å²) in [4.78, 5) is 16.2. The number of hydrogen-bond acceptors (Lipinski definition) is 6. The number of nitrogens with one attached hydrogen (secondary N) is 2. The van der Waals surface area contributed by atoms with Gasteiger partial charge < -0.3 is 14.8 Å². The maximum atomic E-state index is 11.9. The van der Waals surface area contributed by atoms with Crippen LogP contribution in [0.1, 0.15) is 12.8 Å². The minimum Gasteiger partial charge on any atom is -0.497 e. The molecule has 1 aromatic carbocycles. The van der Waals surface area contributed by atoms with E-state index in [0.717, 1.165) is 30.8 Å². The van der Waals surface area contributed by atoms with Gasteiger partial charge in [0, 0.05) is 18.7 Å². The zero-order valence-corrected chi connectivity index (χ0v) is 14.3. The first-order valence-corrected chi connectivity index (χ1v) is 8.81. The van der Waals surface area contributed by atoms with E-state index in [9.17, 15) is 4.79 Å². The third kappa shape index (κ3) is 4.48. The molecule has 1 aliphatic rings. The van der Waals surface area contributed by atoms with Crippen molar-refractivity contribution in [2.24, 2.45) is 0 Å². The number of H-pyrrole nitrogens is 1. The SMILES string of the molecule is COc1ccc(-c2nc(SCC(=O)NCC3CCCO3)n[nH]2)cc1. The number of thioether (sulfide) groups is 1. The van der Waals surface area contributed by atoms with E-state index in [-0.39, 0.29) is 17.8 Å². The average molecular weight is 348 g/mol. The van der Waals surface area contributed by atoms with Crippen molar-refractivity contribution in [3.63, 3.8) is 0 Å². The Labute approximate surface area is 144 Å². The number of carbonyl (C=O) groups excluding carboxylic acids is 1. The van der Waals surface area contributed by atoms with E-state index < -0.39 is 0 Å². The number of benzene rings is 1. The van der Waals surface area contributed by atoms with Crippen LogP contribution in [0.4, 0.5) is 0 Å². The molecule has 8 heteroatoms. The highest BCUT2D eigenvalue weighted by Crippen LogP contribution is 2.21. The Morgan fingerprint density at radius 1 is 1.46 bits per heavy atom. The minimum atomic E-state index is -0.0358. The van der Waals surface area contributed by atoms with Crippen LogP contribution in [0.5, 0.6) is 5.75 Å². The molecule has 1 fully saturated rings. The fourth-order valence-corrected chi connectivity index (χ4v) is 3.03. The van der Waals surface area contributed by atoms with E-state index in [1.54, 1.807) is 7.11 Å². The van der Waals surface area contributed by atoms with Gasteiger partial charge in [-0.15, -0.1) is 5.10 Å². The van der Waals surface area contributed by atoms with Gasteiger partial charge in [-0.3, -0.25) is 9.89 Å². The largest absolute Gasteiger partial charge is 0.497 e. The number of amides is 1. The topological polar surface area (TPSA) is 89.1 Å². The lowest BCUT2D eigenvalue weighted by Crippen LogP contribution is -2.32. The van der Waals surface area contributed by atoms with E-state index >= 15 is 0 Å². The Balaban J connectivity index is 1.47. The molecule has 1 amide bonds. The van der Waals surface area contributed by atoms with Crippen molar-refractivity contribution in [2.75, 3.05) is 26.0 Å². The first-order valence-electron chi connectivity index (χ1n) is 7.82. The van der Waals surface area contributed by atoms with Crippen molar-refractivity contribution in [3.05, 3.63) is 24.3 Å². The number of ether oxygens (including phenoxy) is 2. The van der Waals surface area contributed by atoms with Crippen molar-refractivity contribution < 1.29 is 14.3 Å². The highest BCUT2D eigenvalue weighted by molar-refractivity contribution is 7.99. The molecule has 0 radical (unpaired) electrons. The molecule has 2 heterocycles. The number of nitrogens with zero attached hydrogens (tertiary/aromatic N) is 2. The van der Waals surface area contributed by atoms with Crippen molar-refractivity contribution in [3.8, 4) is 17.1 Å². The first-order chi connectivity index (χ1) is 11.7. The maximum absolute atomic E-state index is 11.9. The van der Waals surface area contributed by atoms with Gasteiger partial charge in [0.15, 0.2) is 5.82 Å². The van der Waals surface area contributed by atoms with Crippen LogP contribution in [0, 0.1) is 0 Å². The molecular formula is C16H20N4O3S. The number of aromatic amines is 1. The van der Waals surface area contributed by atoms with Crippen LogP contribution < -0.4 is 10.1 Å². The lowest BCUT2D eigenvalue weighted by Gasteiger charge is -2.09. The number of hydrogen-bond donors (Lipinski definition) is 2. The summed E-state index contributed by atoms with van der Waals surface area (Å²) < 4.78 is 10.6. The Kier molecular flexibility index (Phi) is 5.71. The lowest BCUT2D eigenvalue weighted by atomic mass is 10.2. The predicted molar refractivity (Wildman–Crippen MR) is 91.1 cm³/mol. The molecule has 7 nitrogen and oxygen atoms in total. The molecule has 3 rings (SSSR count). The summed E-state index contributed by atoms with van der Waals surface area (Å²) in [5.41, 5.74) is 0.915. The summed E-state index contributed by atoms with van der Waals surface area (Å²) in [6, 6.07) is 7.54. The molecule has 1 saturated heterocycles. The van der Waals surface area contributed by atoms with Gasteiger partial charge in [-0.1, -0.05) is 11.8 Å². The van der Waals surface area contributed by atoms with Crippen LogP contribution >= 0.6 is 11.8 Å². The summed E-state index contributed by atoms with van der Waals surface area (Å²) in [6.07, 6.45) is 2.24. The Morgan fingerprint density at radius 3 is 3.00 bits per heavy atom. The summed E-state index contributed by atoms with van der Waals surface area (Å²) in [7, 11) is 1.63. The molecule has 0 bridgehead atoms. The normalized spacial score (nSPS) is 17.0. The molecule has 0 aliphatic carbocycles. The third-order valence-corrected chi connectivity index (χ3v) is 4.56. The maximum Gasteiger partial charge on any atom is 0.230 e. The Hall–Kier alpha value is -2.06. The predicted octanol–water partition coefficient (Wildman–Crippen LogP) is 1.87. The third-order valence-electron chi connectivity index (χ3n) is 3.71. The molecular weight excluding hydrogens is 328 g/mol. The quantitative estimate of drug-likeness (QED) is 0.743. The van der Waals surface area contributed by atoms with Crippen LogP contribution in [0.15, 0.2) is 29.4 Å². The van der Waals surface area contributed by atoms with Gasteiger partial charge in [-0.25, -0.2) is 4.98 Å². The van der Waals surface area contributed by atoms with E-state index in [2.05, 4.69) is 20.5 Å². The van der Waals surface area contributed by atoms with Crippen LogP contribution in [0.25, 0.3) is 11.4 Å². The Morgan fingerprint density at radius 2 is 2.29 bits per heavy atom. The molecule has 1 atom stereocenters. The second-order valence-electron chi connectivity index (χ2n) is 5.42. The second kappa shape index (κ2) is 8.16. The van der Waals surface area contributed by atoms with Gasteiger partial charge in [0.25, 0.3) is 0 Å². The van der Waals surface area contributed by atoms with Crippen molar-refractivity contribution in [1.29, 1.82) is 0 Å². The molecule has 2 N–H and O–H groups in total. The molecule has 1 unspecified atom stereocenters. The first kappa shape index (κ1) is 16.8. The van der Waals surface area contributed by atoms with Crippen molar-refractivity contribution >= 4 is 17.7 Å². The van der Waals surface area contributed by atoms with Gasteiger partial charge in [0.1, 0.15) is 5.75 Å². The Bertz CT molecular complexity index is 668. The summed E-state index contributed by atoms with van der Waals surface area (Å²) >= 11 is 1.30. The van der Waals surface area contributed by atoms with Gasteiger partial charge >= 0.3 is 0 Å². The monoisotopic (exact) mass is 348 g/mol. The fraction of sp³-hybridized carbons (Fsp3) is 0.438. The summed E-state index contributed by atoms with van der Waals surface area (Å²) in [6.45, 7) is 1.37. The van der Waals surface area contributed by atoms with Gasteiger partial charge in [-0.2, -0.15) is 0 Å². The van der Waals surface area contributed by atoms with Crippen molar-refractivity contribution in [2.45, 2.75) is 24.1 Å². The zero-order valence-electron chi connectivity index (χ0n) is 13.4. The average Bonchev–Trinajstić information content (AvgIpc) is 3.30. The van der Waals surface area contributed by atoms with Gasteiger partial charge in [0.05, 0.1) is 19.0 Å². The molecule has 2 aromatic rings. The molecule has 0 saturated carbocycles. The van der Waals surface area contributed by atoms with Gasteiger partial charge in [-0.05, 0) is 37.1 Å². The lowest BCUT2D eigenvalue weighted by molar-refractivity contribution is -0.119. The van der Waals surface area contributed by atoms with Crippen LogP contribution in [-0.4, -0.2) is 53.2 Å². The highest BCUT2D eigenvalue weighted by atomic mass is 32.2. The second-order valence-corrected chi connectivity index (χ2v) is 6.37. The number of methoxy groups -OCH3 is 1. The van der Waals surface area contributed by atoms with E-state index in [1.165, 1.54) is 11.8 Å². The standard InChI is InChI=1S/C16H20N4O3S/c1-22-12-6-4-11(5-7-12)15-18-16(20-19-15)24-10-14(21)17-9-13-3-2-8-23-13/h4-7,13H,2-3,8-10H2,1H3,(H,17,21)(H,18,19,20). The highest BCUT2D eigenvalue weighted by Gasteiger charge is 2.16. The smallest absolute Gasteiger partial charge is 0.230 e. The summed E-state index contributed by atoms with van der Waals surface area (Å²) in [5, 5.41) is 10.5. The fourth-order valence-electron chi connectivity index (χ4n) is 2.40. The van der Waals surface area contributed by atoms with E-state index in [1.807, 2.05) is 24.3 Å².